The van der Waals surface area contributed by atoms with Gasteiger partial charge in [0.25, 0.3) is 0 Å². The predicted molar refractivity (Wildman–Crippen MR) is 79.3 cm³/mol. The molecule has 1 aromatic rings. The minimum absolute atomic E-state index is 0.699. The van der Waals surface area contributed by atoms with Gasteiger partial charge in [-0.1, -0.05) is 13.8 Å². The maximum absolute atomic E-state index is 4.74. The fourth-order valence-corrected chi connectivity index (χ4v) is 2.87. The maximum atomic E-state index is 4.74. The Hall–Kier alpha value is -0.610. The molecule has 0 spiro atoms. The number of nitrogens with one attached hydrogen (secondary N) is 1. The Morgan fingerprint density at radius 2 is 2.28 bits per heavy atom. The first-order valence-corrected chi connectivity index (χ1v) is 7.97. The third-order valence-electron chi connectivity index (χ3n) is 3.23. The van der Waals surface area contributed by atoms with Crippen molar-refractivity contribution in [1.29, 1.82) is 0 Å². The van der Waals surface area contributed by atoms with Gasteiger partial charge in [-0.2, -0.15) is 0 Å². The van der Waals surface area contributed by atoms with E-state index in [9.17, 15) is 0 Å². The third-order valence-corrected chi connectivity index (χ3v) is 4.18. The summed E-state index contributed by atoms with van der Waals surface area (Å²) in [4.78, 5) is 7.17. The third kappa shape index (κ3) is 4.25. The highest BCUT2D eigenvalue weighted by atomic mass is 32.1. The van der Waals surface area contributed by atoms with E-state index in [4.69, 9.17) is 4.98 Å². The van der Waals surface area contributed by atoms with Crippen LogP contribution in [0.3, 0.4) is 0 Å². The van der Waals surface area contributed by atoms with Gasteiger partial charge in [0, 0.05) is 25.0 Å². The van der Waals surface area contributed by atoms with Crippen LogP contribution in [0, 0.1) is 11.8 Å². The molecule has 0 unspecified atom stereocenters. The zero-order valence-corrected chi connectivity index (χ0v) is 12.6. The van der Waals surface area contributed by atoms with Crippen molar-refractivity contribution in [2.75, 3.05) is 24.5 Å². The summed E-state index contributed by atoms with van der Waals surface area (Å²) in [5.41, 5.74) is 1.19. The van der Waals surface area contributed by atoms with E-state index >= 15 is 0 Å². The molecule has 1 aliphatic carbocycles. The summed E-state index contributed by atoms with van der Waals surface area (Å²) in [6, 6.07) is 0. The maximum Gasteiger partial charge on any atom is 0.185 e. The Balaban J connectivity index is 1.83. The second-order valence-corrected chi connectivity index (χ2v) is 6.46. The molecule has 1 aromatic heterocycles. The first-order valence-electron chi connectivity index (χ1n) is 7.09. The van der Waals surface area contributed by atoms with E-state index in [0.29, 0.717) is 5.92 Å². The van der Waals surface area contributed by atoms with E-state index in [0.717, 1.165) is 25.6 Å². The lowest BCUT2D eigenvalue weighted by molar-refractivity contribution is 0.549. The molecule has 0 saturated heterocycles. The van der Waals surface area contributed by atoms with Crippen molar-refractivity contribution in [3.8, 4) is 0 Å². The zero-order valence-electron chi connectivity index (χ0n) is 11.8. The Bertz CT molecular complexity index is 358. The normalized spacial score (nSPS) is 15.3. The van der Waals surface area contributed by atoms with Crippen molar-refractivity contribution in [2.45, 2.75) is 40.2 Å². The molecular formula is C14H25N3S. The molecule has 18 heavy (non-hydrogen) atoms. The minimum Gasteiger partial charge on any atom is -0.348 e. The highest BCUT2D eigenvalue weighted by molar-refractivity contribution is 7.13. The van der Waals surface area contributed by atoms with Crippen molar-refractivity contribution < 1.29 is 0 Å². The summed E-state index contributed by atoms with van der Waals surface area (Å²) in [5.74, 6) is 1.63. The molecule has 0 aromatic carbocycles. The summed E-state index contributed by atoms with van der Waals surface area (Å²) >= 11 is 1.79. The van der Waals surface area contributed by atoms with Crippen LogP contribution >= 0.6 is 11.3 Å². The van der Waals surface area contributed by atoms with Crippen LogP contribution in [0.5, 0.6) is 0 Å². The highest BCUT2D eigenvalue weighted by Gasteiger charge is 2.24. The van der Waals surface area contributed by atoms with Crippen LogP contribution in [0.2, 0.25) is 0 Å². The van der Waals surface area contributed by atoms with Crippen LogP contribution in [0.15, 0.2) is 5.38 Å². The zero-order chi connectivity index (χ0) is 13.0. The molecule has 102 valence electrons. The van der Waals surface area contributed by atoms with Gasteiger partial charge in [0.1, 0.15) is 0 Å². The van der Waals surface area contributed by atoms with Gasteiger partial charge in [-0.3, -0.25) is 0 Å². The molecule has 3 nitrogen and oxygen atoms in total. The first-order chi connectivity index (χ1) is 8.69. The average Bonchev–Trinajstić information content (AvgIpc) is 3.04. The standard InChI is InChI=1S/C14H25N3S/c1-4-17(9-12-5-6-12)14-16-13(10-18-14)8-15-7-11(2)3/h10-12,15H,4-9H2,1-3H3. The van der Waals surface area contributed by atoms with E-state index in [1.54, 1.807) is 11.3 Å². The summed E-state index contributed by atoms with van der Waals surface area (Å²) < 4.78 is 0. The largest absolute Gasteiger partial charge is 0.348 e. The topological polar surface area (TPSA) is 28.2 Å². The molecular weight excluding hydrogens is 242 g/mol. The monoisotopic (exact) mass is 267 g/mol. The molecule has 1 fully saturated rings. The van der Waals surface area contributed by atoms with E-state index in [2.05, 4.69) is 36.4 Å². The number of hydrogen-bond donors (Lipinski definition) is 1. The Kier molecular flexibility index (Phi) is 5.01. The molecule has 2 rings (SSSR count). The second kappa shape index (κ2) is 6.53. The van der Waals surface area contributed by atoms with Gasteiger partial charge >= 0.3 is 0 Å². The van der Waals surface area contributed by atoms with Crippen molar-refractivity contribution in [3.05, 3.63) is 11.1 Å². The van der Waals surface area contributed by atoms with Gasteiger partial charge in [-0.15, -0.1) is 11.3 Å². The number of hydrogen-bond acceptors (Lipinski definition) is 4. The fraction of sp³-hybridized carbons (Fsp3) is 0.786. The summed E-state index contributed by atoms with van der Waals surface area (Å²) in [5, 5.41) is 6.84. The van der Waals surface area contributed by atoms with Crippen molar-refractivity contribution >= 4 is 16.5 Å². The first kappa shape index (κ1) is 13.8. The highest BCUT2D eigenvalue weighted by Crippen LogP contribution is 2.32. The lowest BCUT2D eigenvalue weighted by Gasteiger charge is -2.19. The quantitative estimate of drug-likeness (QED) is 0.784. The van der Waals surface area contributed by atoms with Gasteiger partial charge < -0.3 is 10.2 Å². The van der Waals surface area contributed by atoms with Crippen LogP contribution < -0.4 is 10.2 Å². The Labute approximate surface area is 115 Å². The fourth-order valence-electron chi connectivity index (χ4n) is 1.97. The number of thiazole rings is 1. The lowest BCUT2D eigenvalue weighted by Crippen LogP contribution is -2.25. The number of nitrogens with zero attached hydrogens (tertiary/aromatic N) is 2. The van der Waals surface area contributed by atoms with E-state index in [-0.39, 0.29) is 0 Å². The number of anilines is 1. The molecule has 1 saturated carbocycles. The summed E-state index contributed by atoms with van der Waals surface area (Å²) in [7, 11) is 0. The Morgan fingerprint density at radius 1 is 1.50 bits per heavy atom. The molecule has 0 bridgehead atoms. The van der Waals surface area contributed by atoms with Gasteiger partial charge in [-0.25, -0.2) is 4.98 Å². The molecule has 1 N–H and O–H groups in total. The SMILES string of the molecule is CCN(CC1CC1)c1nc(CNCC(C)C)cs1. The number of rotatable bonds is 8. The predicted octanol–water partition coefficient (Wildman–Crippen LogP) is 3.13. The van der Waals surface area contributed by atoms with Crippen LogP contribution in [0.4, 0.5) is 5.13 Å². The van der Waals surface area contributed by atoms with Gasteiger partial charge in [-0.05, 0) is 38.1 Å². The lowest BCUT2D eigenvalue weighted by atomic mass is 10.2. The van der Waals surface area contributed by atoms with Crippen molar-refractivity contribution in [1.82, 2.24) is 10.3 Å². The smallest absolute Gasteiger partial charge is 0.185 e. The summed E-state index contributed by atoms with van der Waals surface area (Å²) in [6.45, 7) is 10.9. The summed E-state index contributed by atoms with van der Waals surface area (Å²) in [6.07, 6.45) is 2.81. The van der Waals surface area contributed by atoms with Gasteiger partial charge in [0.15, 0.2) is 5.13 Å². The molecule has 1 aliphatic rings. The van der Waals surface area contributed by atoms with E-state index < -0.39 is 0 Å². The Morgan fingerprint density at radius 3 is 2.89 bits per heavy atom. The number of aromatic nitrogens is 1. The molecule has 0 radical (unpaired) electrons. The van der Waals surface area contributed by atoms with Crippen molar-refractivity contribution in [2.24, 2.45) is 11.8 Å². The van der Waals surface area contributed by atoms with Crippen LogP contribution in [0.25, 0.3) is 0 Å². The van der Waals surface area contributed by atoms with Crippen LogP contribution in [-0.2, 0) is 6.54 Å². The van der Waals surface area contributed by atoms with Crippen LogP contribution in [-0.4, -0.2) is 24.6 Å². The molecule has 0 amide bonds. The van der Waals surface area contributed by atoms with E-state index in [1.165, 1.54) is 30.2 Å². The van der Waals surface area contributed by atoms with Gasteiger partial charge in [0.05, 0.1) is 5.69 Å². The average molecular weight is 267 g/mol. The molecule has 0 aliphatic heterocycles. The second-order valence-electron chi connectivity index (χ2n) is 5.63. The van der Waals surface area contributed by atoms with Crippen molar-refractivity contribution in [3.63, 3.8) is 0 Å². The molecule has 0 atom stereocenters. The minimum atomic E-state index is 0.699. The van der Waals surface area contributed by atoms with E-state index in [1.807, 2.05) is 0 Å². The molecule has 4 heteroatoms. The van der Waals surface area contributed by atoms with Gasteiger partial charge in [0.2, 0.25) is 0 Å². The van der Waals surface area contributed by atoms with Crippen LogP contribution in [0.1, 0.15) is 39.3 Å². The molecule has 1 heterocycles.